The predicted octanol–water partition coefficient (Wildman–Crippen LogP) is 1.99. The number of aromatic nitrogens is 1. The third-order valence-corrected chi connectivity index (χ3v) is 2.90. The van der Waals surface area contributed by atoms with Crippen LogP contribution in [0, 0.1) is 0 Å². The fraction of sp³-hybridized carbons (Fsp3) is 0.357. The van der Waals surface area contributed by atoms with Gasteiger partial charge in [0.25, 0.3) is 0 Å². The summed E-state index contributed by atoms with van der Waals surface area (Å²) in [5.41, 5.74) is 7.93. The normalized spacial score (nSPS) is 11.9. The highest BCUT2D eigenvalue weighted by atomic mass is 35.5. The van der Waals surface area contributed by atoms with Crippen molar-refractivity contribution in [3.05, 3.63) is 36.0 Å². The molecule has 0 saturated carbocycles. The van der Waals surface area contributed by atoms with Crippen molar-refractivity contribution < 1.29 is 4.79 Å². The van der Waals surface area contributed by atoms with Gasteiger partial charge in [-0.05, 0) is 25.0 Å². The number of halogens is 1. The molecule has 2 rings (SSSR count). The number of nitrogens with two attached hydrogens (primary N) is 1. The van der Waals surface area contributed by atoms with E-state index in [0.717, 1.165) is 11.9 Å². The van der Waals surface area contributed by atoms with Gasteiger partial charge in [0.2, 0.25) is 5.91 Å². The van der Waals surface area contributed by atoms with Gasteiger partial charge in [-0.25, -0.2) is 0 Å². The Labute approximate surface area is 119 Å². The van der Waals surface area contributed by atoms with E-state index >= 15 is 0 Å². The Morgan fingerprint density at radius 2 is 2.16 bits per heavy atom. The summed E-state index contributed by atoms with van der Waals surface area (Å²) in [6.07, 6.45) is 3.21. The van der Waals surface area contributed by atoms with E-state index in [-0.39, 0.29) is 24.4 Å². The van der Waals surface area contributed by atoms with Crippen LogP contribution in [0.2, 0.25) is 0 Å². The highest BCUT2D eigenvalue weighted by Gasteiger charge is 2.06. The van der Waals surface area contributed by atoms with Gasteiger partial charge in [-0.15, -0.1) is 12.4 Å². The largest absolute Gasteiger partial charge is 0.361 e. The fourth-order valence-electron chi connectivity index (χ4n) is 2.04. The highest BCUT2D eigenvalue weighted by molar-refractivity contribution is 5.85. The van der Waals surface area contributed by atoms with Crippen LogP contribution in [0.4, 0.5) is 0 Å². The zero-order chi connectivity index (χ0) is 13.0. The molecule has 104 valence electrons. The van der Waals surface area contributed by atoms with Crippen molar-refractivity contribution >= 4 is 29.2 Å². The van der Waals surface area contributed by atoms with E-state index in [2.05, 4.69) is 16.4 Å². The molecule has 1 atom stereocenters. The first kappa shape index (κ1) is 15.5. The molecule has 1 amide bonds. The number of hydrogen-bond donors (Lipinski definition) is 3. The van der Waals surface area contributed by atoms with Gasteiger partial charge >= 0.3 is 0 Å². The number of benzene rings is 1. The van der Waals surface area contributed by atoms with Crippen molar-refractivity contribution in [2.24, 2.45) is 5.73 Å². The van der Waals surface area contributed by atoms with Gasteiger partial charge in [0.1, 0.15) is 0 Å². The molecule has 0 aliphatic rings. The van der Waals surface area contributed by atoms with Crippen LogP contribution in [0.5, 0.6) is 0 Å². The topological polar surface area (TPSA) is 70.9 Å². The summed E-state index contributed by atoms with van der Waals surface area (Å²) in [7, 11) is 0. The van der Waals surface area contributed by atoms with E-state index < -0.39 is 0 Å². The molecule has 19 heavy (non-hydrogen) atoms. The first-order valence-corrected chi connectivity index (χ1v) is 6.24. The molecule has 1 unspecified atom stereocenters. The Balaban J connectivity index is 0.00000180. The molecular weight excluding hydrogens is 262 g/mol. The minimum absolute atomic E-state index is 0. The highest BCUT2D eigenvalue weighted by Crippen LogP contribution is 2.17. The van der Waals surface area contributed by atoms with Crippen LogP contribution in [0.1, 0.15) is 18.9 Å². The Morgan fingerprint density at radius 1 is 1.42 bits per heavy atom. The van der Waals surface area contributed by atoms with Crippen LogP contribution >= 0.6 is 12.4 Å². The molecule has 0 fully saturated rings. The Bertz CT molecular complexity index is 536. The Morgan fingerprint density at radius 3 is 2.89 bits per heavy atom. The van der Waals surface area contributed by atoms with Crippen LogP contribution in [0.25, 0.3) is 10.9 Å². The smallest absolute Gasteiger partial charge is 0.221 e. The maximum atomic E-state index is 11.4. The van der Waals surface area contributed by atoms with Crippen LogP contribution in [0.3, 0.4) is 0 Å². The number of para-hydroxylation sites is 1. The summed E-state index contributed by atoms with van der Waals surface area (Å²) in [6.45, 7) is 2.48. The number of aromatic amines is 1. The zero-order valence-corrected chi connectivity index (χ0v) is 11.8. The van der Waals surface area contributed by atoms with E-state index in [1.807, 2.05) is 31.3 Å². The van der Waals surface area contributed by atoms with E-state index in [1.165, 1.54) is 10.9 Å². The number of fused-ring (bicyclic) bond motifs is 1. The number of hydrogen-bond acceptors (Lipinski definition) is 2. The predicted molar refractivity (Wildman–Crippen MR) is 80.5 cm³/mol. The summed E-state index contributed by atoms with van der Waals surface area (Å²) in [6, 6.07) is 8.08. The monoisotopic (exact) mass is 281 g/mol. The molecule has 0 saturated heterocycles. The van der Waals surface area contributed by atoms with Gasteiger partial charge in [0.15, 0.2) is 0 Å². The van der Waals surface area contributed by atoms with Gasteiger partial charge in [-0.2, -0.15) is 0 Å². The molecule has 0 aliphatic carbocycles. The van der Waals surface area contributed by atoms with Gasteiger partial charge in [0, 0.05) is 36.1 Å². The van der Waals surface area contributed by atoms with Gasteiger partial charge in [-0.3, -0.25) is 4.79 Å². The lowest BCUT2D eigenvalue weighted by Gasteiger charge is -2.06. The van der Waals surface area contributed by atoms with Crippen molar-refractivity contribution in [2.45, 2.75) is 25.8 Å². The van der Waals surface area contributed by atoms with Crippen molar-refractivity contribution in [1.29, 1.82) is 0 Å². The maximum Gasteiger partial charge on any atom is 0.221 e. The van der Waals surface area contributed by atoms with Gasteiger partial charge in [0.05, 0.1) is 0 Å². The van der Waals surface area contributed by atoms with Crippen molar-refractivity contribution in [1.82, 2.24) is 10.3 Å². The lowest BCUT2D eigenvalue weighted by molar-refractivity contribution is -0.121. The second-order valence-electron chi connectivity index (χ2n) is 4.64. The minimum atomic E-state index is -0.0851. The summed E-state index contributed by atoms with van der Waals surface area (Å²) in [5.74, 6) is 0.0184. The molecule has 0 radical (unpaired) electrons. The average molecular weight is 282 g/mol. The van der Waals surface area contributed by atoms with E-state index in [9.17, 15) is 4.79 Å². The second-order valence-corrected chi connectivity index (χ2v) is 4.64. The molecule has 1 heterocycles. The molecule has 2 aromatic rings. The lowest BCUT2D eigenvalue weighted by Crippen LogP contribution is -2.31. The molecule has 1 aromatic heterocycles. The molecule has 0 aliphatic heterocycles. The number of rotatable bonds is 5. The van der Waals surface area contributed by atoms with Crippen molar-refractivity contribution in [3.63, 3.8) is 0 Å². The number of H-pyrrole nitrogens is 1. The standard InChI is InChI=1S/C14H19N3O.ClH/c1-10(15)8-14(18)16-7-6-11-9-17-13-5-3-2-4-12(11)13;/h2-5,9-10,17H,6-8,15H2,1H3,(H,16,18);1H. The van der Waals surface area contributed by atoms with Gasteiger partial charge in [-0.1, -0.05) is 18.2 Å². The molecule has 0 bridgehead atoms. The van der Waals surface area contributed by atoms with Gasteiger partial charge < -0.3 is 16.0 Å². The van der Waals surface area contributed by atoms with Crippen LogP contribution in [0.15, 0.2) is 30.5 Å². The van der Waals surface area contributed by atoms with Crippen LogP contribution in [-0.2, 0) is 11.2 Å². The summed E-state index contributed by atoms with van der Waals surface area (Å²) in [4.78, 5) is 14.7. The molecule has 5 heteroatoms. The first-order valence-electron chi connectivity index (χ1n) is 6.24. The quantitative estimate of drug-likeness (QED) is 0.784. The Hall–Kier alpha value is -1.52. The SMILES string of the molecule is CC(N)CC(=O)NCCc1c[nH]c2ccccc12.Cl. The van der Waals surface area contributed by atoms with Crippen LogP contribution in [-0.4, -0.2) is 23.5 Å². The average Bonchev–Trinajstić information content (AvgIpc) is 2.72. The van der Waals surface area contributed by atoms with E-state index in [4.69, 9.17) is 5.73 Å². The number of carbonyl (C=O) groups is 1. The molecule has 0 spiro atoms. The first-order chi connectivity index (χ1) is 8.66. The zero-order valence-electron chi connectivity index (χ0n) is 11.0. The molecule has 1 aromatic carbocycles. The lowest BCUT2D eigenvalue weighted by atomic mass is 10.1. The van der Waals surface area contributed by atoms with E-state index in [0.29, 0.717) is 13.0 Å². The Kier molecular flexibility index (Phi) is 5.86. The summed E-state index contributed by atoms with van der Waals surface area (Å²) < 4.78 is 0. The maximum absolute atomic E-state index is 11.4. The minimum Gasteiger partial charge on any atom is -0.361 e. The molecule has 4 nitrogen and oxygen atoms in total. The van der Waals surface area contributed by atoms with Crippen molar-refractivity contribution in [3.8, 4) is 0 Å². The molecule has 4 N–H and O–H groups in total. The number of carbonyl (C=O) groups excluding carboxylic acids is 1. The number of amides is 1. The second kappa shape index (κ2) is 7.16. The summed E-state index contributed by atoms with van der Waals surface area (Å²) in [5, 5.41) is 4.11. The molecular formula is C14H20ClN3O. The third kappa shape index (κ3) is 4.26. The van der Waals surface area contributed by atoms with Crippen molar-refractivity contribution in [2.75, 3.05) is 6.54 Å². The summed E-state index contributed by atoms with van der Waals surface area (Å²) >= 11 is 0. The van der Waals surface area contributed by atoms with E-state index in [1.54, 1.807) is 0 Å². The van der Waals surface area contributed by atoms with Crippen LogP contribution < -0.4 is 11.1 Å². The third-order valence-electron chi connectivity index (χ3n) is 2.90. The number of nitrogens with one attached hydrogen (secondary N) is 2. The fourth-order valence-corrected chi connectivity index (χ4v) is 2.04.